The van der Waals surface area contributed by atoms with Crippen LogP contribution in [0.1, 0.15) is 75.6 Å². The summed E-state index contributed by atoms with van der Waals surface area (Å²) >= 11 is 0. The maximum absolute atomic E-state index is 12.5. The van der Waals surface area contributed by atoms with Crippen molar-refractivity contribution in [3.63, 3.8) is 0 Å². The largest absolute Gasteiger partial charge is 0.345 e. The summed E-state index contributed by atoms with van der Waals surface area (Å²) in [7, 11) is 0. The highest BCUT2D eigenvalue weighted by atomic mass is 16.5. The molecule has 0 aromatic heterocycles. The number of rotatable bonds is 10. The second kappa shape index (κ2) is 10.2. The molecule has 0 spiro atoms. The van der Waals surface area contributed by atoms with Gasteiger partial charge in [0.1, 0.15) is 6.17 Å². The number of hydrogen-bond donors (Lipinski definition) is 1. The van der Waals surface area contributed by atoms with Crippen molar-refractivity contribution in [2.75, 3.05) is 11.4 Å². The van der Waals surface area contributed by atoms with E-state index in [2.05, 4.69) is 24.8 Å². The average Bonchev–Trinajstić information content (AvgIpc) is 2.64. The Hall–Kier alpha value is -1.81. The van der Waals surface area contributed by atoms with E-state index < -0.39 is 6.17 Å². The first-order chi connectivity index (χ1) is 12.2. The van der Waals surface area contributed by atoms with Crippen LogP contribution in [0.25, 0.3) is 0 Å². The Balaban J connectivity index is 2.11. The van der Waals surface area contributed by atoms with E-state index in [0.29, 0.717) is 5.56 Å². The van der Waals surface area contributed by atoms with Crippen molar-refractivity contribution >= 4 is 11.6 Å². The van der Waals surface area contributed by atoms with Crippen LogP contribution in [0.5, 0.6) is 0 Å². The summed E-state index contributed by atoms with van der Waals surface area (Å²) in [5, 5.41) is 11.3. The molecule has 0 fully saturated rings. The lowest BCUT2D eigenvalue weighted by molar-refractivity contribution is -0.0799. The average molecular weight is 344 g/mol. The molecule has 138 valence electrons. The molecule has 0 saturated carbocycles. The number of hydrogen-bond acceptors (Lipinski definition) is 3. The first-order valence-electron chi connectivity index (χ1n) is 9.75. The third kappa shape index (κ3) is 5.08. The van der Waals surface area contributed by atoms with Gasteiger partial charge in [-0.2, -0.15) is 5.06 Å². The molecule has 0 aliphatic carbocycles. The van der Waals surface area contributed by atoms with Crippen molar-refractivity contribution < 1.29 is 10.0 Å². The zero-order chi connectivity index (χ0) is 18.1. The van der Waals surface area contributed by atoms with E-state index >= 15 is 0 Å². The molecule has 0 bridgehead atoms. The second-order valence-electron chi connectivity index (χ2n) is 6.76. The summed E-state index contributed by atoms with van der Waals surface area (Å²) in [5.74, 6) is -0.319. The highest BCUT2D eigenvalue weighted by Gasteiger charge is 2.35. The maximum atomic E-state index is 12.5. The Kier molecular flexibility index (Phi) is 7.99. The van der Waals surface area contributed by atoms with Crippen LogP contribution in [0.4, 0.5) is 5.69 Å². The molecule has 1 aromatic carbocycles. The fraction of sp³-hybridized carbons (Fsp3) is 0.571. The van der Waals surface area contributed by atoms with Gasteiger partial charge in [-0.05, 0) is 31.1 Å². The summed E-state index contributed by atoms with van der Waals surface area (Å²) in [6.07, 6.45) is 12.9. The molecule has 1 heterocycles. The number of anilines is 1. The van der Waals surface area contributed by atoms with Gasteiger partial charge in [-0.1, -0.05) is 70.6 Å². The summed E-state index contributed by atoms with van der Waals surface area (Å²) in [4.78, 5) is 14.6. The molecule has 1 aliphatic heterocycles. The van der Waals surface area contributed by atoms with Gasteiger partial charge in [0.25, 0.3) is 5.91 Å². The highest BCUT2D eigenvalue weighted by Crippen LogP contribution is 2.31. The molecule has 4 heteroatoms. The third-order valence-electron chi connectivity index (χ3n) is 4.74. The van der Waals surface area contributed by atoms with Crippen LogP contribution in [-0.4, -0.2) is 28.9 Å². The van der Waals surface area contributed by atoms with E-state index in [1.165, 1.54) is 32.1 Å². The molecule has 1 unspecified atom stereocenters. The molecule has 2 rings (SSSR count). The molecule has 1 amide bonds. The van der Waals surface area contributed by atoms with Crippen molar-refractivity contribution in [3.05, 3.63) is 42.0 Å². The Morgan fingerprint density at radius 2 is 1.76 bits per heavy atom. The van der Waals surface area contributed by atoms with Crippen molar-refractivity contribution in [1.82, 2.24) is 5.06 Å². The summed E-state index contributed by atoms with van der Waals surface area (Å²) in [5.41, 5.74) is 1.51. The van der Waals surface area contributed by atoms with Gasteiger partial charge < -0.3 is 4.90 Å². The number of unbranched alkanes of at least 4 members (excludes halogenated alkanes) is 6. The van der Waals surface area contributed by atoms with Gasteiger partial charge in [-0.25, -0.2) is 0 Å². The number of para-hydroxylation sites is 1. The zero-order valence-corrected chi connectivity index (χ0v) is 15.7. The number of fused-ring (bicyclic) bond motifs is 1. The van der Waals surface area contributed by atoms with Gasteiger partial charge in [0, 0.05) is 6.54 Å². The first-order valence-corrected chi connectivity index (χ1v) is 9.75. The molecular formula is C21H32N2O2. The van der Waals surface area contributed by atoms with Crippen molar-refractivity contribution in [3.8, 4) is 0 Å². The van der Waals surface area contributed by atoms with Gasteiger partial charge >= 0.3 is 0 Å². The minimum Gasteiger partial charge on any atom is -0.345 e. The lowest BCUT2D eigenvalue weighted by Crippen LogP contribution is -2.53. The maximum Gasteiger partial charge on any atom is 0.281 e. The predicted octanol–water partition coefficient (Wildman–Crippen LogP) is 5.38. The minimum atomic E-state index is -0.412. The molecule has 0 saturated heterocycles. The van der Waals surface area contributed by atoms with Crippen molar-refractivity contribution in [2.45, 2.75) is 71.4 Å². The molecule has 25 heavy (non-hydrogen) atoms. The van der Waals surface area contributed by atoms with E-state index in [9.17, 15) is 10.0 Å². The monoisotopic (exact) mass is 344 g/mol. The first kappa shape index (κ1) is 19.5. The SMILES string of the molecule is CCC/C=C/C1N(O)C(=O)c2ccccc2N1CCCCCCCC. The third-order valence-corrected chi connectivity index (χ3v) is 4.74. The van der Waals surface area contributed by atoms with E-state index in [1.807, 2.05) is 24.3 Å². The number of carbonyl (C=O) groups excluding carboxylic acids is 1. The molecule has 1 aromatic rings. The lowest BCUT2D eigenvalue weighted by atomic mass is 10.0. The Morgan fingerprint density at radius 1 is 1.04 bits per heavy atom. The Morgan fingerprint density at radius 3 is 2.52 bits per heavy atom. The molecule has 4 nitrogen and oxygen atoms in total. The van der Waals surface area contributed by atoms with Crippen molar-refractivity contribution in [1.29, 1.82) is 0 Å². The number of benzene rings is 1. The van der Waals surface area contributed by atoms with Crippen LogP contribution < -0.4 is 4.90 Å². The molecule has 1 N–H and O–H groups in total. The summed E-state index contributed by atoms with van der Waals surface area (Å²) in [6, 6.07) is 7.58. The van der Waals surface area contributed by atoms with Crippen LogP contribution in [0.15, 0.2) is 36.4 Å². The van der Waals surface area contributed by atoms with Crippen LogP contribution in [0, 0.1) is 0 Å². The van der Waals surface area contributed by atoms with Gasteiger partial charge in [-0.3, -0.25) is 10.0 Å². The Labute approximate surface area is 152 Å². The van der Waals surface area contributed by atoms with E-state index in [1.54, 1.807) is 6.07 Å². The number of allylic oxidation sites excluding steroid dienone is 1. The zero-order valence-electron chi connectivity index (χ0n) is 15.7. The van der Waals surface area contributed by atoms with E-state index in [-0.39, 0.29) is 5.91 Å². The number of hydroxylamine groups is 2. The highest BCUT2D eigenvalue weighted by molar-refractivity contribution is 6.01. The minimum absolute atomic E-state index is 0.319. The lowest BCUT2D eigenvalue weighted by Gasteiger charge is -2.41. The van der Waals surface area contributed by atoms with Crippen molar-refractivity contribution in [2.24, 2.45) is 0 Å². The molecular weight excluding hydrogens is 312 g/mol. The van der Waals surface area contributed by atoms with Gasteiger partial charge in [0.2, 0.25) is 0 Å². The topological polar surface area (TPSA) is 43.8 Å². The van der Waals surface area contributed by atoms with Gasteiger partial charge in [0.15, 0.2) is 0 Å². The van der Waals surface area contributed by atoms with Crippen LogP contribution in [-0.2, 0) is 0 Å². The smallest absolute Gasteiger partial charge is 0.281 e. The fourth-order valence-corrected chi connectivity index (χ4v) is 3.31. The van der Waals surface area contributed by atoms with Crippen LogP contribution >= 0.6 is 0 Å². The number of nitrogens with zero attached hydrogens (tertiary/aromatic N) is 2. The Bertz CT molecular complexity index is 571. The predicted molar refractivity (Wildman–Crippen MR) is 103 cm³/mol. The number of amides is 1. The molecule has 1 atom stereocenters. The summed E-state index contributed by atoms with van der Waals surface area (Å²) in [6.45, 7) is 5.19. The van der Waals surface area contributed by atoms with E-state index in [4.69, 9.17) is 0 Å². The number of carbonyl (C=O) groups is 1. The standard InChI is InChI=1S/C21H32N2O2/c1-3-5-7-8-9-13-17-22-19-15-12-11-14-18(19)21(24)23(25)20(22)16-10-6-4-2/h10-12,14-16,20,25H,3-9,13,17H2,1-2H3/b16-10+. The fourth-order valence-electron chi connectivity index (χ4n) is 3.31. The van der Waals surface area contributed by atoms with E-state index in [0.717, 1.165) is 36.6 Å². The van der Waals surface area contributed by atoms with Crippen LogP contribution in [0.3, 0.4) is 0 Å². The van der Waals surface area contributed by atoms with Gasteiger partial charge in [0.05, 0.1) is 11.3 Å². The second-order valence-corrected chi connectivity index (χ2v) is 6.76. The molecule has 0 radical (unpaired) electrons. The van der Waals surface area contributed by atoms with Crippen LogP contribution in [0.2, 0.25) is 0 Å². The summed E-state index contributed by atoms with van der Waals surface area (Å²) < 4.78 is 0. The normalized spacial score (nSPS) is 17.4. The van der Waals surface area contributed by atoms with Gasteiger partial charge in [-0.15, -0.1) is 0 Å². The molecule has 1 aliphatic rings. The quantitative estimate of drug-likeness (QED) is 0.352.